The van der Waals surface area contributed by atoms with Crippen molar-refractivity contribution in [3.05, 3.63) is 64.7 Å². The maximum atomic E-state index is 12.9. The minimum absolute atomic E-state index is 0.154. The first-order valence-electron chi connectivity index (χ1n) is 8.93. The molecule has 0 aromatic heterocycles. The van der Waals surface area contributed by atoms with Gasteiger partial charge in [0, 0.05) is 18.1 Å². The smallest absolute Gasteiger partial charge is 0.261 e. The number of benzene rings is 2. The number of aryl methyl sites for hydroxylation is 1. The summed E-state index contributed by atoms with van der Waals surface area (Å²) in [5, 5.41) is 3.31. The van der Waals surface area contributed by atoms with Crippen molar-refractivity contribution in [2.45, 2.75) is 33.4 Å². The van der Waals surface area contributed by atoms with Gasteiger partial charge in [-0.1, -0.05) is 48.0 Å². The van der Waals surface area contributed by atoms with E-state index in [0.717, 1.165) is 11.1 Å². The van der Waals surface area contributed by atoms with Gasteiger partial charge in [0.15, 0.2) is 6.61 Å². The van der Waals surface area contributed by atoms with Gasteiger partial charge in [0.05, 0.1) is 0 Å². The molecule has 5 nitrogen and oxygen atoms in total. The molecule has 6 heteroatoms. The molecule has 144 valence electrons. The topological polar surface area (TPSA) is 58.6 Å². The van der Waals surface area contributed by atoms with Crippen LogP contribution >= 0.6 is 11.6 Å². The summed E-state index contributed by atoms with van der Waals surface area (Å²) in [6, 6.07) is 14.1. The molecule has 2 rings (SSSR count). The maximum absolute atomic E-state index is 12.9. The molecule has 0 aliphatic heterocycles. The van der Waals surface area contributed by atoms with Crippen molar-refractivity contribution in [1.29, 1.82) is 0 Å². The summed E-state index contributed by atoms with van der Waals surface area (Å²) >= 11 is 6.24. The predicted octanol–water partition coefficient (Wildman–Crippen LogP) is 3.58. The molecule has 1 N–H and O–H groups in total. The average molecular weight is 389 g/mol. The molecule has 2 aromatic rings. The van der Waals surface area contributed by atoms with E-state index in [1.165, 1.54) is 4.90 Å². The minimum atomic E-state index is -0.644. The highest BCUT2D eigenvalue weighted by molar-refractivity contribution is 6.31. The first-order chi connectivity index (χ1) is 12.9. The van der Waals surface area contributed by atoms with Crippen LogP contribution in [0.2, 0.25) is 5.02 Å². The molecule has 0 aliphatic rings. The Morgan fingerprint density at radius 2 is 1.81 bits per heavy atom. The second-order valence-electron chi connectivity index (χ2n) is 6.24. The summed E-state index contributed by atoms with van der Waals surface area (Å²) in [5.41, 5.74) is 1.72. The largest absolute Gasteiger partial charge is 0.484 e. The summed E-state index contributed by atoms with van der Waals surface area (Å²) in [6.07, 6.45) is 0. The molecular weight excluding hydrogens is 364 g/mol. The zero-order chi connectivity index (χ0) is 19.8. The van der Waals surface area contributed by atoms with Crippen LogP contribution in [0.5, 0.6) is 5.75 Å². The number of halogens is 1. The van der Waals surface area contributed by atoms with Crippen molar-refractivity contribution in [2.24, 2.45) is 0 Å². The third-order valence-electron chi connectivity index (χ3n) is 4.26. The fourth-order valence-corrected chi connectivity index (χ4v) is 2.85. The number of likely N-dealkylation sites (N-methyl/N-ethyl adjacent to an activating group) is 1. The van der Waals surface area contributed by atoms with Gasteiger partial charge in [-0.3, -0.25) is 9.59 Å². The van der Waals surface area contributed by atoms with Gasteiger partial charge in [-0.05, 0) is 44.0 Å². The lowest BCUT2D eigenvalue weighted by atomic mass is 10.1. The van der Waals surface area contributed by atoms with Gasteiger partial charge in [-0.2, -0.15) is 0 Å². The summed E-state index contributed by atoms with van der Waals surface area (Å²) in [5.74, 6) is 0.153. The molecule has 0 unspecified atom stereocenters. The standard InChI is InChI=1S/C21H25ClN2O3/c1-4-23-21(26)16(3)24(13-17-10-6-7-11-18(17)22)20(25)14-27-19-12-8-5-9-15(19)2/h5-12,16H,4,13-14H2,1-3H3,(H,23,26)/t16-/m1/s1. The number of para-hydroxylation sites is 1. The van der Waals surface area contributed by atoms with Crippen LogP contribution in [0.15, 0.2) is 48.5 Å². The molecule has 27 heavy (non-hydrogen) atoms. The molecule has 0 aliphatic carbocycles. The molecule has 0 heterocycles. The Morgan fingerprint density at radius 3 is 2.48 bits per heavy atom. The molecule has 2 amide bonds. The zero-order valence-electron chi connectivity index (χ0n) is 15.9. The summed E-state index contributed by atoms with van der Waals surface area (Å²) < 4.78 is 5.68. The third kappa shape index (κ3) is 5.73. The van der Waals surface area contributed by atoms with E-state index in [1.54, 1.807) is 13.0 Å². The Labute approximate surface area is 165 Å². The van der Waals surface area contributed by atoms with Gasteiger partial charge in [0.25, 0.3) is 5.91 Å². The first kappa shape index (κ1) is 20.8. The van der Waals surface area contributed by atoms with Gasteiger partial charge < -0.3 is 15.0 Å². The van der Waals surface area contributed by atoms with Crippen molar-refractivity contribution < 1.29 is 14.3 Å². The Bertz CT molecular complexity index is 795. The van der Waals surface area contributed by atoms with E-state index in [9.17, 15) is 9.59 Å². The lowest BCUT2D eigenvalue weighted by Gasteiger charge is -2.29. The van der Waals surface area contributed by atoms with Gasteiger partial charge in [0.2, 0.25) is 5.91 Å². The molecule has 0 saturated heterocycles. The number of hydrogen-bond acceptors (Lipinski definition) is 3. The molecule has 1 atom stereocenters. The Morgan fingerprint density at radius 1 is 1.15 bits per heavy atom. The number of amides is 2. The van der Waals surface area contributed by atoms with Gasteiger partial charge in [-0.25, -0.2) is 0 Å². The number of ether oxygens (including phenoxy) is 1. The Kier molecular flexibility index (Phi) is 7.67. The van der Waals surface area contributed by atoms with Crippen molar-refractivity contribution >= 4 is 23.4 Å². The number of rotatable bonds is 8. The van der Waals surface area contributed by atoms with Gasteiger partial charge in [-0.15, -0.1) is 0 Å². The van der Waals surface area contributed by atoms with Crippen molar-refractivity contribution in [3.63, 3.8) is 0 Å². The molecule has 0 radical (unpaired) electrons. The molecule has 2 aromatic carbocycles. The van der Waals surface area contributed by atoms with E-state index in [0.29, 0.717) is 17.3 Å². The van der Waals surface area contributed by atoms with Crippen LogP contribution in [-0.4, -0.2) is 35.9 Å². The molecule has 0 saturated carbocycles. The van der Waals surface area contributed by atoms with E-state index in [4.69, 9.17) is 16.3 Å². The number of nitrogens with zero attached hydrogens (tertiary/aromatic N) is 1. The number of carbonyl (C=O) groups is 2. The first-order valence-corrected chi connectivity index (χ1v) is 9.30. The molecule has 0 bridgehead atoms. The summed E-state index contributed by atoms with van der Waals surface area (Å²) in [4.78, 5) is 26.7. The van der Waals surface area contributed by atoms with Gasteiger partial charge in [0.1, 0.15) is 11.8 Å². The van der Waals surface area contributed by atoms with Crippen LogP contribution in [-0.2, 0) is 16.1 Å². The highest BCUT2D eigenvalue weighted by Gasteiger charge is 2.26. The van der Waals surface area contributed by atoms with E-state index in [1.807, 2.05) is 56.3 Å². The highest BCUT2D eigenvalue weighted by Crippen LogP contribution is 2.20. The lowest BCUT2D eigenvalue weighted by Crippen LogP contribution is -2.49. The minimum Gasteiger partial charge on any atom is -0.484 e. The highest BCUT2D eigenvalue weighted by atomic mass is 35.5. The average Bonchev–Trinajstić information content (AvgIpc) is 2.66. The SMILES string of the molecule is CCNC(=O)[C@@H](C)N(Cc1ccccc1Cl)C(=O)COc1ccccc1C. The number of hydrogen-bond donors (Lipinski definition) is 1. The molecular formula is C21H25ClN2O3. The fourth-order valence-electron chi connectivity index (χ4n) is 2.66. The van der Waals surface area contributed by atoms with E-state index in [-0.39, 0.29) is 25.0 Å². The van der Waals surface area contributed by atoms with E-state index >= 15 is 0 Å². The zero-order valence-corrected chi connectivity index (χ0v) is 16.6. The van der Waals surface area contributed by atoms with Crippen LogP contribution < -0.4 is 10.1 Å². The molecule has 0 fully saturated rings. The third-order valence-corrected chi connectivity index (χ3v) is 4.63. The Balaban J connectivity index is 2.17. The maximum Gasteiger partial charge on any atom is 0.261 e. The normalized spacial score (nSPS) is 11.6. The van der Waals surface area contributed by atoms with Crippen LogP contribution in [0, 0.1) is 6.92 Å². The number of carbonyl (C=O) groups excluding carboxylic acids is 2. The van der Waals surface area contributed by atoms with Gasteiger partial charge >= 0.3 is 0 Å². The summed E-state index contributed by atoms with van der Waals surface area (Å²) in [7, 11) is 0. The van der Waals surface area contributed by atoms with Crippen LogP contribution in [0.3, 0.4) is 0 Å². The predicted molar refractivity (Wildman–Crippen MR) is 107 cm³/mol. The lowest BCUT2D eigenvalue weighted by molar-refractivity contribution is -0.142. The molecule has 0 spiro atoms. The Hall–Kier alpha value is -2.53. The monoisotopic (exact) mass is 388 g/mol. The second kappa shape index (κ2) is 9.97. The van der Waals surface area contributed by atoms with E-state index in [2.05, 4.69) is 5.32 Å². The quantitative estimate of drug-likeness (QED) is 0.751. The summed E-state index contributed by atoms with van der Waals surface area (Å²) in [6.45, 7) is 6.03. The van der Waals surface area contributed by atoms with Crippen molar-refractivity contribution in [1.82, 2.24) is 10.2 Å². The van der Waals surface area contributed by atoms with Crippen molar-refractivity contribution in [3.8, 4) is 5.75 Å². The van der Waals surface area contributed by atoms with Crippen molar-refractivity contribution in [2.75, 3.05) is 13.2 Å². The van der Waals surface area contributed by atoms with E-state index < -0.39 is 6.04 Å². The second-order valence-corrected chi connectivity index (χ2v) is 6.64. The van der Waals surface area contributed by atoms with Crippen LogP contribution in [0.1, 0.15) is 25.0 Å². The number of nitrogens with one attached hydrogen (secondary N) is 1. The fraction of sp³-hybridized carbons (Fsp3) is 0.333. The van der Waals surface area contributed by atoms with Crippen LogP contribution in [0.25, 0.3) is 0 Å². The van der Waals surface area contributed by atoms with Crippen LogP contribution in [0.4, 0.5) is 0 Å².